The van der Waals surface area contributed by atoms with Gasteiger partial charge in [-0.3, -0.25) is 4.79 Å². The standard InChI is InChI=1S/C13H16N2O/c16-13(15-10-4-2-5-10)11-6-1-3-9-7-8-14-12(9)11/h1,3,6,10,14H,2,4-5,7-8H2,(H,15,16). The summed E-state index contributed by atoms with van der Waals surface area (Å²) in [5.41, 5.74) is 3.11. The molecule has 0 spiro atoms. The van der Waals surface area contributed by atoms with Gasteiger partial charge in [0.05, 0.1) is 11.3 Å². The molecule has 0 unspecified atom stereocenters. The highest BCUT2D eigenvalue weighted by Gasteiger charge is 2.23. The van der Waals surface area contributed by atoms with Crippen LogP contribution in [0.2, 0.25) is 0 Å². The fourth-order valence-corrected chi connectivity index (χ4v) is 2.34. The molecule has 3 nitrogen and oxygen atoms in total. The van der Waals surface area contributed by atoms with Crippen LogP contribution < -0.4 is 10.6 Å². The molecule has 1 aliphatic carbocycles. The van der Waals surface area contributed by atoms with Crippen LogP contribution in [0.1, 0.15) is 35.2 Å². The Bertz CT molecular complexity index is 424. The molecule has 1 amide bonds. The summed E-state index contributed by atoms with van der Waals surface area (Å²) >= 11 is 0. The van der Waals surface area contributed by atoms with Gasteiger partial charge in [-0.25, -0.2) is 0 Å². The van der Waals surface area contributed by atoms with Crippen LogP contribution in [0.15, 0.2) is 18.2 Å². The maximum Gasteiger partial charge on any atom is 0.253 e. The van der Waals surface area contributed by atoms with Crippen LogP contribution in [-0.4, -0.2) is 18.5 Å². The van der Waals surface area contributed by atoms with Crippen molar-refractivity contribution in [1.29, 1.82) is 0 Å². The topological polar surface area (TPSA) is 41.1 Å². The summed E-state index contributed by atoms with van der Waals surface area (Å²) in [5, 5.41) is 6.38. The van der Waals surface area contributed by atoms with Gasteiger partial charge < -0.3 is 10.6 Å². The maximum atomic E-state index is 12.1. The average molecular weight is 216 g/mol. The van der Waals surface area contributed by atoms with Crippen LogP contribution in [0.3, 0.4) is 0 Å². The zero-order chi connectivity index (χ0) is 11.0. The normalized spacial score (nSPS) is 18.5. The van der Waals surface area contributed by atoms with Crippen LogP contribution in [0.25, 0.3) is 0 Å². The van der Waals surface area contributed by atoms with Crippen molar-refractivity contribution >= 4 is 11.6 Å². The molecule has 1 aliphatic heterocycles. The zero-order valence-electron chi connectivity index (χ0n) is 9.25. The molecule has 3 heteroatoms. The van der Waals surface area contributed by atoms with Gasteiger partial charge in [0.1, 0.15) is 0 Å². The van der Waals surface area contributed by atoms with Crippen molar-refractivity contribution in [2.75, 3.05) is 11.9 Å². The molecule has 1 aromatic rings. The van der Waals surface area contributed by atoms with Crippen LogP contribution in [0.5, 0.6) is 0 Å². The van der Waals surface area contributed by atoms with Crippen molar-refractivity contribution in [3.8, 4) is 0 Å². The number of nitrogens with one attached hydrogen (secondary N) is 2. The smallest absolute Gasteiger partial charge is 0.253 e. The third-order valence-corrected chi connectivity index (χ3v) is 3.53. The number of para-hydroxylation sites is 1. The molecular formula is C13H16N2O. The van der Waals surface area contributed by atoms with Crippen LogP contribution in [0.4, 0.5) is 5.69 Å². The third-order valence-electron chi connectivity index (χ3n) is 3.53. The zero-order valence-corrected chi connectivity index (χ0v) is 9.25. The molecule has 1 heterocycles. The van der Waals surface area contributed by atoms with Gasteiger partial charge in [-0.1, -0.05) is 12.1 Å². The van der Waals surface area contributed by atoms with Gasteiger partial charge >= 0.3 is 0 Å². The molecule has 2 N–H and O–H groups in total. The van der Waals surface area contributed by atoms with E-state index in [4.69, 9.17) is 0 Å². The Morgan fingerprint density at radius 2 is 2.25 bits per heavy atom. The molecule has 16 heavy (non-hydrogen) atoms. The number of hydrogen-bond acceptors (Lipinski definition) is 2. The van der Waals surface area contributed by atoms with Gasteiger partial charge in [-0.2, -0.15) is 0 Å². The van der Waals surface area contributed by atoms with E-state index in [-0.39, 0.29) is 5.91 Å². The molecular weight excluding hydrogens is 200 g/mol. The van der Waals surface area contributed by atoms with E-state index in [1.807, 2.05) is 12.1 Å². The molecule has 3 rings (SSSR count). The Labute approximate surface area is 95.2 Å². The van der Waals surface area contributed by atoms with Crippen LogP contribution >= 0.6 is 0 Å². The number of hydrogen-bond donors (Lipinski definition) is 2. The number of carbonyl (C=O) groups is 1. The lowest BCUT2D eigenvalue weighted by Crippen LogP contribution is -2.39. The molecule has 0 atom stereocenters. The van der Waals surface area contributed by atoms with E-state index in [0.717, 1.165) is 37.1 Å². The molecule has 84 valence electrons. The van der Waals surface area contributed by atoms with Crippen LogP contribution in [0, 0.1) is 0 Å². The molecule has 1 saturated carbocycles. The minimum absolute atomic E-state index is 0.0796. The highest BCUT2D eigenvalue weighted by molar-refractivity contribution is 6.00. The maximum absolute atomic E-state index is 12.1. The molecule has 2 aliphatic rings. The first-order chi connectivity index (χ1) is 7.84. The van der Waals surface area contributed by atoms with Gasteiger partial charge in [0.25, 0.3) is 5.91 Å². The second-order valence-corrected chi connectivity index (χ2v) is 4.62. The first-order valence-electron chi connectivity index (χ1n) is 6.01. The molecule has 0 radical (unpaired) electrons. The third kappa shape index (κ3) is 1.56. The second kappa shape index (κ2) is 3.81. The summed E-state index contributed by atoms with van der Waals surface area (Å²) in [6.07, 6.45) is 4.54. The van der Waals surface area contributed by atoms with Gasteiger partial charge in [0.2, 0.25) is 0 Å². The van der Waals surface area contributed by atoms with Crippen molar-refractivity contribution in [3.05, 3.63) is 29.3 Å². The number of fused-ring (bicyclic) bond motifs is 1. The minimum atomic E-state index is 0.0796. The molecule has 0 aromatic heterocycles. The predicted octanol–water partition coefficient (Wildman–Crippen LogP) is 1.94. The lowest BCUT2D eigenvalue weighted by Gasteiger charge is -2.26. The minimum Gasteiger partial charge on any atom is -0.384 e. The van der Waals surface area contributed by atoms with Gasteiger partial charge in [0.15, 0.2) is 0 Å². The van der Waals surface area contributed by atoms with Crippen molar-refractivity contribution in [2.45, 2.75) is 31.7 Å². The van der Waals surface area contributed by atoms with E-state index < -0.39 is 0 Å². The van der Waals surface area contributed by atoms with Crippen molar-refractivity contribution in [2.24, 2.45) is 0 Å². The summed E-state index contributed by atoms with van der Waals surface area (Å²) < 4.78 is 0. The van der Waals surface area contributed by atoms with Crippen LogP contribution in [-0.2, 0) is 6.42 Å². The lowest BCUT2D eigenvalue weighted by molar-refractivity contribution is 0.0918. The first-order valence-corrected chi connectivity index (χ1v) is 6.01. The lowest BCUT2D eigenvalue weighted by atomic mass is 9.93. The largest absolute Gasteiger partial charge is 0.384 e. The highest BCUT2D eigenvalue weighted by atomic mass is 16.1. The highest BCUT2D eigenvalue weighted by Crippen LogP contribution is 2.27. The second-order valence-electron chi connectivity index (χ2n) is 4.62. The monoisotopic (exact) mass is 216 g/mol. The van der Waals surface area contributed by atoms with Crippen molar-refractivity contribution < 1.29 is 4.79 Å². The van der Waals surface area contributed by atoms with E-state index in [1.54, 1.807) is 0 Å². The average Bonchev–Trinajstić information content (AvgIpc) is 2.70. The summed E-state index contributed by atoms with van der Waals surface area (Å²) in [6.45, 7) is 0.947. The summed E-state index contributed by atoms with van der Waals surface area (Å²) in [6, 6.07) is 6.38. The Balaban J connectivity index is 1.82. The van der Waals surface area contributed by atoms with E-state index in [2.05, 4.69) is 16.7 Å². The SMILES string of the molecule is O=C(NC1CCC1)c1cccc2c1NCC2. The number of anilines is 1. The Morgan fingerprint density at radius 1 is 1.38 bits per heavy atom. The number of carbonyl (C=O) groups excluding carboxylic acids is 1. The van der Waals surface area contributed by atoms with Crippen molar-refractivity contribution in [3.63, 3.8) is 0 Å². The molecule has 1 aromatic carbocycles. The summed E-state index contributed by atoms with van der Waals surface area (Å²) in [4.78, 5) is 12.1. The quantitative estimate of drug-likeness (QED) is 0.793. The fourth-order valence-electron chi connectivity index (χ4n) is 2.34. The van der Waals surface area contributed by atoms with E-state index in [9.17, 15) is 4.79 Å². The Hall–Kier alpha value is -1.51. The van der Waals surface area contributed by atoms with E-state index >= 15 is 0 Å². The Morgan fingerprint density at radius 3 is 3.00 bits per heavy atom. The summed E-state index contributed by atoms with van der Waals surface area (Å²) in [7, 11) is 0. The molecule has 0 bridgehead atoms. The Kier molecular flexibility index (Phi) is 2.31. The van der Waals surface area contributed by atoms with E-state index in [1.165, 1.54) is 12.0 Å². The number of benzene rings is 1. The number of amides is 1. The first kappa shape index (κ1) is 9.70. The van der Waals surface area contributed by atoms with Gasteiger partial charge in [0, 0.05) is 12.6 Å². The number of rotatable bonds is 2. The predicted molar refractivity (Wildman–Crippen MR) is 63.7 cm³/mol. The van der Waals surface area contributed by atoms with Gasteiger partial charge in [-0.05, 0) is 37.3 Å². The molecule has 1 fully saturated rings. The fraction of sp³-hybridized carbons (Fsp3) is 0.462. The van der Waals surface area contributed by atoms with Gasteiger partial charge in [-0.15, -0.1) is 0 Å². The van der Waals surface area contributed by atoms with E-state index in [0.29, 0.717) is 6.04 Å². The van der Waals surface area contributed by atoms with Crippen molar-refractivity contribution in [1.82, 2.24) is 5.32 Å². The summed E-state index contributed by atoms with van der Waals surface area (Å²) in [5.74, 6) is 0.0796. The molecule has 0 saturated heterocycles.